The second-order valence-corrected chi connectivity index (χ2v) is 6.71. The van der Waals surface area contributed by atoms with Crippen molar-refractivity contribution in [2.75, 3.05) is 5.32 Å². The van der Waals surface area contributed by atoms with E-state index < -0.39 is 17.8 Å². The highest BCUT2D eigenvalue weighted by molar-refractivity contribution is 7.13. The fourth-order valence-corrected chi connectivity index (χ4v) is 3.64. The van der Waals surface area contributed by atoms with E-state index in [1.807, 2.05) is 12.3 Å². The maximum Gasteiger partial charge on any atom is 0.435 e. The third kappa shape index (κ3) is 3.45. The molecule has 0 bridgehead atoms. The summed E-state index contributed by atoms with van der Waals surface area (Å²) in [5.74, 6) is -0.790. The maximum absolute atomic E-state index is 13.0. The molecule has 130 valence electrons. The van der Waals surface area contributed by atoms with Crippen molar-refractivity contribution < 1.29 is 18.0 Å². The third-order valence-electron chi connectivity index (χ3n) is 4.07. The number of aryl methyl sites for hydroxylation is 2. The Morgan fingerprint density at radius 3 is 3.00 bits per heavy atom. The average molecular weight is 358 g/mol. The van der Waals surface area contributed by atoms with Crippen molar-refractivity contribution in [2.24, 2.45) is 5.92 Å². The van der Waals surface area contributed by atoms with Crippen molar-refractivity contribution in [2.45, 2.75) is 45.2 Å². The number of carbonyl (C=O) groups excluding carboxylic acids is 1. The molecule has 5 nitrogen and oxygen atoms in total. The van der Waals surface area contributed by atoms with Gasteiger partial charge in [-0.2, -0.15) is 18.3 Å². The second-order valence-electron chi connectivity index (χ2n) is 5.85. The van der Waals surface area contributed by atoms with Crippen molar-refractivity contribution >= 4 is 22.4 Å². The Bertz CT molecular complexity index is 737. The zero-order valence-corrected chi connectivity index (χ0v) is 13.9. The lowest BCUT2D eigenvalue weighted by molar-refractivity contribution is -0.142. The molecule has 0 aromatic carbocycles. The lowest BCUT2D eigenvalue weighted by Gasteiger charge is -2.21. The first-order valence-corrected chi connectivity index (χ1v) is 8.65. The van der Waals surface area contributed by atoms with E-state index in [0.717, 1.165) is 18.5 Å². The number of carbonyl (C=O) groups is 1. The molecule has 0 aliphatic heterocycles. The van der Waals surface area contributed by atoms with Gasteiger partial charge < -0.3 is 5.32 Å². The first-order valence-electron chi connectivity index (χ1n) is 7.77. The van der Waals surface area contributed by atoms with Crippen LogP contribution in [-0.4, -0.2) is 21.1 Å². The summed E-state index contributed by atoms with van der Waals surface area (Å²) in [7, 11) is 0. The molecule has 1 aliphatic rings. The minimum atomic E-state index is -4.51. The van der Waals surface area contributed by atoms with Gasteiger partial charge in [0, 0.05) is 22.6 Å². The molecular formula is C15H17F3N4OS. The molecule has 2 N–H and O–H groups in total. The van der Waals surface area contributed by atoms with E-state index in [1.165, 1.54) is 11.3 Å². The summed E-state index contributed by atoms with van der Waals surface area (Å²) < 4.78 is 38.9. The number of halogens is 3. The fourth-order valence-electron chi connectivity index (χ4n) is 2.90. The number of thiazole rings is 1. The monoisotopic (exact) mass is 358 g/mol. The zero-order valence-electron chi connectivity index (χ0n) is 13.0. The van der Waals surface area contributed by atoms with Crippen molar-refractivity contribution in [3.8, 4) is 0 Å². The van der Waals surface area contributed by atoms with E-state index in [-0.39, 0.29) is 17.9 Å². The molecule has 2 heterocycles. The molecule has 3 rings (SSSR count). The Kier molecular flexibility index (Phi) is 4.62. The summed E-state index contributed by atoms with van der Waals surface area (Å²) in [6.07, 6.45) is -1.79. The quantitative estimate of drug-likeness (QED) is 0.878. The van der Waals surface area contributed by atoms with Gasteiger partial charge in [-0.25, -0.2) is 4.98 Å². The van der Waals surface area contributed by atoms with Gasteiger partial charge in [-0.1, -0.05) is 13.3 Å². The maximum atomic E-state index is 13.0. The first-order chi connectivity index (χ1) is 11.4. The van der Waals surface area contributed by atoms with E-state index in [1.54, 1.807) is 0 Å². The van der Waals surface area contributed by atoms with Crippen LogP contribution in [0.25, 0.3) is 0 Å². The van der Waals surface area contributed by atoms with Crippen LogP contribution in [0.2, 0.25) is 0 Å². The van der Waals surface area contributed by atoms with Gasteiger partial charge in [-0.3, -0.25) is 9.89 Å². The van der Waals surface area contributed by atoms with Crippen LogP contribution in [-0.2, 0) is 30.2 Å². The molecule has 0 saturated heterocycles. The van der Waals surface area contributed by atoms with E-state index in [2.05, 4.69) is 20.5 Å². The summed E-state index contributed by atoms with van der Waals surface area (Å²) in [5.41, 5.74) is 0.595. The van der Waals surface area contributed by atoms with Gasteiger partial charge in [0.25, 0.3) is 0 Å². The van der Waals surface area contributed by atoms with Crippen LogP contribution < -0.4 is 5.32 Å². The number of alkyl halides is 3. The summed E-state index contributed by atoms with van der Waals surface area (Å²) in [6, 6.07) is 0. The highest BCUT2D eigenvalue weighted by Gasteiger charge is 2.40. The Morgan fingerprint density at radius 1 is 1.50 bits per heavy atom. The molecule has 1 aliphatic carbocycles. The average Bonchev–Trinajstić information content (AvgIpc) is 3.13. The van der Waals surface area contributed by atoms with Crippen LogP contribution in [0.15, 0.2) is 5.38 Å². The van der Waals surface area contributed by atoms with Gasteiger partial charge >= 0.3 is 6.18 Å². The highest BCUT2D eigenvalue weighted by Crippen LogP contribution is 2.36. The molecule has 2 aromatic heterocycles. The Labute approximate surface area is 140 Å². The zero-order chi connectivity index (χ0) is 17.3. The van der Waals surface area contributed by atoms with Crippen molar-refractivity contribution in [3.05, 3.63) is 28.0 Å². The van der Waals surface area contributed by atoms with E-state index >= 15 is 0 Å². The standard InChI is InChI=1S/C15H17F3N4OS/c1-2-3-9-7-24-14(19-9)20-13(23)8-4-5-11-10(6-8)12(22-21-11)15(16,17)18/h7-8H,2-6H2,1H3,(H,21,22)(H,19,20,23). The number of fused-ring (bicyclic) bond motifs is 1. The molecular weight excluding hydrogens is 341 g/mol. The number of nitrogens with zero attached hydrogens (tertiary/aromatic N) is 2. The first kappa shape index (κ1) is 16.9. The molecule has 24 heavy (non-hydrogen) atoms. The van der Waals surface area contributed by atoms with Gasteiger partial charge in [0.15, 0.2) is 10.8 Å². The molecule has 0 radical (unpaired) electrons. The number of hydrogen-bond acceptors (Lipinski definition) is 4. The number of rotatable bonds is 4. The van der Waals surface area contributed by atoms with Gasteiger partial charge in [-0.05, 0) is 25.7 Å². The van der Waals surface area contributed by atoms with Crippen LogP contribution in [0.5, 0.6) is 0 Å². The SMILES string of the molecule is CCCc1csc(NC(=O)C2CCc3[nH]nc(C(F)(F)F)c3C2)n1. The summed E-state index contributed by atoms with van der Waals surface area (Å²) >= 11 is 1.33. The minimum absolute atomic E-state index is 0.0414. The number of H-pyrrole nitrogens is 1. The number of aromatic amines is 1. The van der Waals surface area contributed by atoms with Crippen LogP contribution in [0.3, 0.4) is 0 Å². The van der Waals surface area contributed by atoms with Crippen molar-refractivity contribution in [1.29, 1.82) is 0 Å². The second kappa shape index (κ2) is 6.54. The van der Waals surface area contributed by atoms with E-state index in [0.29, 0.717) is 23.7 Å². The molecule has 0 fully saturated rings. The minimum Gasteiger partial charge on any atom is -0.302 e. The summed E-state index contributed by atoms with van der Waals surface area (Å²) in [5, 5.41) is 10.9. The highest BCUT2D eigenvalue weighted by atomic mass is 32.1. The lowest BCUT2D eigenvalue weighted by atomic mass is 9.86. The van der Waals surface area contributed by atoms with Gasteiger partial charge in [-0.15, -0.1) is 11.3 Å². The number of anilines is 1. The van der Waals surface area contributed by atoms with Gasteiger partial charge in [0.2, 0.25) is 5.91 Å². The molecule has 1 atom stereocenters. The molecule has 0 saturated carbocycles. The fraction of sp³-hybridized carbons (Fsp3) is 0.533. The smallest absolute Gasteiger partial charge is 0.302 e. The van der Waals surface area contributed by atoms with E-state index in [9.17, 15) is 18.0 Å². The number of amides is 1. The lowest BCUT2D eigenvalue weighted by Crippen LogP contribution is -2.29. The number of aromatic nitrogens is 3. The van der Waals surface area contributed by atoms with Crippen molar-refractivity contribution in [1.82, 2.24) is 15.2 Å². The number of nitrogens with one attached hydrogen (secondary N) is 2. The largest absolute Gasteiger partial charge is 0.435 e. The summed E-state index contributed by atoms with van der Waals surface area (Å²) in [4.78, 5) is 16.7. The Hall–Kier alpha value is -1.90. The van der Waals surface area contributed by atoms with Gasteiger partial charge in [0.05, 0.1) is 5.69 Å². The summed E-state index contributed by atoms with van der Waals surface area (Å²) in [6.45, 7) is 2.04. The normalized spacial score (nSPS) is 17.6. The predicted octanol–water partition coefficient (Wildman–Crippen LogP) is 3.58. The van der Waals surface area contributed by atoms with Crippen LogP contribution >= 0.6 is 11.3 Å². The van der Waals surface area contributed by atoms with E-state index in [4.69, 9.17) is 0 Å². The topological polar surface area (TPSA) is 70.7 Å². The molecule has 1 amide bonds. The number of hydrogen-bond donors (Lipinski definition) is 2. The van der Waals surface area contributed by atoms with Crippen LogP contribution in [0.1, 0.15) is 42.4 Å². The predicted molar refractivity (Wildman–Crippen MR) is 83.8 cm³/mol. The molecule has 9 heteroatoms. The van der Waals surface area contributed by atoms with Crippen molar-refractivity contribution in [3.63, 3.8) is 0 Å². The van der Waals surface area contributed by atoms with Crippen LogP contribution in [0.4, 0.5) is 18.3 Å². The molecule has 2 aromatic rings. The van der Waals surface area contributed by atoms with Crippen LogP contribution in [0, 0.1) is 5.92 Å². The van der Waals surface area contributed by atoms with Gasteiger partial charge in [0.1, 0.15) is 0 Å². The third-order valence-corrected chi connectivity index (χ3v) is 4.88. The Morgan fingerprint density at radius 2 is 2.29 bits per heavy atom. The molecule has 1 unspecified atom stereocenters. The Balaban J connectivity index is 1.70. The molecule has 0 spiro atoms.